The number of aliphatic hydroxyl groups is 3. The summed E-state index contributed by atoms with van der Waals surface area (Å²) in [6, 6.07) is 6.71. The van der Waals surface area contributed by atoms with Gasteiger partial charge in [0, 0.05) is 28.5 Å². The van der Waals surface area contributed by atoms with Gasteiger partial charge in [-0.3, -0.25) is 14.4 Å². The largest absolute Gasteiger partial charge is 0.508 e. The first kappa shape index (κ1) is 28.5. The number of aliphatic imine (C=N–C) groups is 1. The van der Waals surface area contributed by atoms with Crippen LogP contribution in [0.15, 0.2) is 50.6 Å². The third-order valence-corrected chi connectivity index (χ3v) is 8.49. The molecule has 4 atom stereocenters. The Labute approximate surface area is 237 Å². The minimum Gasteiger partial charge on any atom is -0.508 e. The standard InChI is InChI=1S/C31H34N2O8/c1-6-16-19-12-14-11-18-17(21-10-7-15(41-21)13-33-30(2,3)4)8-9-20(34)23(18)26(36)22(14)27(37)31(19,40)28(38)24(25(16)35)29(39)32-5/h7-10,14,16,19,33-34,36,38,40H,5-6,11-13H2,1-4H3/t14-,16-,19-,31-/m0/s1. The average molecular weight is 563 g/mol. The van der Waals surface area contributed by atoms with Crippen molar-refractivity contribution in [1.82, 2.24) is 5.32 Å². The number of benzene rings is 1. The monoisotopic (exact) mass is 562 g/mol. The van der Waals surface area contributed by atoms with Crippen molar-refractivity contribution in [3.05, 3.63) is 58.1 Å². The second kappa shape index (κ2) is 9.81. The van der Waals surface area contributed by atoms with E-state index in [4.69, 9.17) is 4.42 Å². The molecule has 0 bridgehead atoms. The lowest BCUT2D eigenvalue weighted by molar-refractivity contribution is -0.153. The highest BCUT2D eigenvalue weighted by atomic mass is 16.4. The number of phenolic OH excluding ortho intramolecular Hbond substituents is 1. The van der Waals surface area contributed by atoms with Crippen molar-refractivity contribution in [3.8, 4) is 17.1 Å². The summed E-state index contributed by atoms with van der Waals surface area (Å²) in [5.41, 5.74) is -2.48. The van der Waals surface area contributed by atoms with Crippen LogP contribution in [0.4, 0.5) is 0 Å². The SMILES string of the molecule is C=NC(=O)C1=C(O)[C@@]2(O)C(=O)C3=C(O)c4c(O)ccc(-c5ccc(CNC(C)(C)C)o5)c4C[C@H]3C[C@H]2[C@H](CC)C1=O. The number of carbonyl (C=O) groups excluding carboxylic acids is 3. The molecule has 0 spiro atoms. The molecule has 1 aromatic heterocycles. The van der Waals surface area contributed by atoms with Crippen LogP contribution in [0.5, 0.6) is 5.75 Å². The number of rotatable bonds is 5. The Morgan fingerprint density at radius 3 is 2.51 bits per heavy atom. The zero-order valence-corrected chi connectivity index (χ0v) is 23.4. The number of nitrogens with zero attached hydrogens (tertiary/aromatic N) is 1. The molecule has 3 aliphatic carbocycles. The van der Waals surface area contributed by atoms with Crippen LogP contribution < -0.4 is 5.32 Å². The lowest BCUT2D eigenvalue weighted by Gasteiger charge is -2.49. The molecule has 0 aliphatic heterocycles. The highest BCUT2D eigenvalue weighted by molar-refractivity contribution is 6.24. The minimum absolute atomic E-state index is 0.0290. The van der Waals surface area contributed by atoms with Gasteiger partial charge in [-0.1, -0.05) is 6.92 Å². The summed E-state index contributed by atoms with van der Waals surface area (Å²) in [6.45, 7) is 11.4. The second-order valence-corrected chi connectivity index (χ2v) is 12.0. The van der Waals surface area contributed by atoms with Gasteiger partial charge in [0.1, 0.15) is 34.4 Å². The van der Waals surface area contributed by atoms with Gasteiger partial charge in [0.05, 0.1) is 12.1 Å². The summed E-state index contributed by atoms with van der Waals surface area (Å²) in [4.78, 5) is 42.8. The number of carbonyl (C=O) groups is 3. The molecular formula is C31H34N2O8. The summed E-state index contributed by atoms with van der Waals surface area (Å²) in [5.74, 6) is -6.15. The zero-order chi connectivity index (χ0) is 30.0. The van der Waals surface area contributed by atoms with Gasteiger partial charge < -0.3 is 30.2 Å². The van der Waals surface area contributed by atoms with Crippen molar-refractivity contribution >= 4 is 30.0 Å². The first-order chi connectivity index (χ1) is 19.2. The number of fused-ring (bicyclic) bond motifs is 3. The molecule has 41 heavy (non-hydrogen) atoms. The van der Waals surface area contributed by atoms with Crippen LogP contribution in [0.25, 0.3) is 17.1 Å². The van der Waals surface area contributed by atoms with Crippen molar-refractivity contribution in [2.45, 2.75) is 64.6 Å². The average Bonchev–Trinajstić information content (AvgIpc) is 3.38. The molecule has 216 valence electrons. The van der Waals surface area contributed by atoms with Gasteiger partial charge in [0.15, 0.2) is 11.4 Å². The second-order valence-electron chi connectivity index (χ2n) is 12.0. The number of nitrogens with one attached hydrogen (secondary N) is 1. The molecule has 0 radical (unpaired) electrons. The molecule has 10 nitrogen and oxygen atoms in total. The van der Waals surface area contributed by atoms with Crippen LogP contribution in [0, 0.1) is 17.8 Å². The van der Waals surface area contributed by atoms with Crippen molar-refractivity contribution in [2.24, 2.45) is 22.7 Å². The van der Waals surface area contributed by atoms with E-state index in [2.05, 4.69) is 17.0 Å². The van der Waals surface area contributed by atoms with E-state index in [0.29, 0.717) is 29.2 Å². The maximum absolute atomic E-state index is 14.0. The number of aliphatic hydroxyl groups excluding tert-OH is 2. The molecule has 1 saturated carbocycles. The number of phenols is 1. The summed E-state index contributed by atoms with van der Waals surface area (Å²) in [6.07, 6.45) is 0.451. The van der Waals surface area contributed by atoms with Gasteiger partial charge in [0.25, 0.3) is 5.91 Å². The molecule has 10 heteroatoms. The van der Waals surface area contributed by atoms with Gasteiger partial charge in [-0.2, -0.15) is 0 Å². The molecule has 5 rings (SSSR count). The fraction of sp³-hybridized carbons (Fsp3) is 0.419. The van der Waals surface area contributed by atoms with Crippen molar-refractivity contribution in [2.75, 3.05) is 0 Å². The van der Waals surface area contributed by atoms with Gasteiger partial charge in [0.2, 0.25) is 5.78 Å². The Morgan fingerprint density at radius 1 is 1.17 bits per heavy atom. The molecule has 2 aromatic rings. The molecule has 1 aromatic carbocycles. The van der Waals surface area contributed by atoms with Gasteiger partial charge >= 0.3 is 0 Å². The Bertz CT molecular complexity index is 1560. The van der Waals surface area contributed by atoms with Crippen molar-refractivity contribution < 1.29 is 39.2 Å². The van der Waals surface area contributed by atoms with Crippen molar-refractivity contribution in [1.29, 1.82) is 0 Å². The Hall–Kier alpha value is -4.02. The molecule has 5 N–H and O–H groups in total. The Balaban J connectivity index is 1.63. The molecule has 1 heterocycles. The first-order valence-electron chi connectivity index (χ1n) is 13.6. The van der Waals surface area contributed by atoms with Crippen LogP contribution in [-0.4, -0.2) is 55.8 Å². The number of hydrogen-bond donors (Lipinski definition) is 5. The third-order valence-electron chi connectivity index (χ3n) is 8.49. The van der Waals surface area contributed by atoms with E-state index in [-0.39, 0.29) is 41.7 Å². The van der Waals surface area contributed by atoms with Gasteiger partial charge in [-0.25, -0.2) is 4.99 Å². The smallest absolute Gasteiger partial charge is 0.283 e. The predicted octanol–water partition coefficient (Wildman–Crippen LogP) is 3.95. The Morgan fingerprint density at radius 2 is 1.88 bits per heavy atom. The summed E-state index contributed by atoms with van der Waals surface area (Å²) in [5, 5.41) is 48.3. The third kappa shape index (κ3) is 4.33. The fourth-order valence-corrected chi connectivity index (χ4v) is 6.50. The highest BCUT2D eigenvalue weighted by Crippen LogP contribution is 2.55. The number of Topliss-reactive ketones (excluding diaryl/α,β-unsaturated/α-hetero) is 2. The van der Waals surface area contributed by atoms with E-state index in [0.717, 1.165) is 0 Å². The summed E-state index contributed by atoms with van der Waals surface area (Å²) in [7, 11) is 0. The summed E-state index contributed by atoms with van der Waals surface area (Å²) < 4.78 is 6.09. The number of furan rings is 1. The minimum atomic E-state index is -2.62. The van der Waals surface area contributed by atoms with E-state index in [1.807, 2.05) is 26.8 Å². The maximum Gasteiger partial charge on any atom is 0.283 e. The van der Waals surface area contributed by atoms with Crippen LogP contribution in [-0.2, 0) is 27.3 Å². The van der Waals surface area contributed by atoms with Crippen molar-refractivity contribution in [3.63, 3.8) is 0 Å². The van der Waals surface area contributed by atoms with E-state index in [1.165, 1.54) is 6.07 Å². The number of aromatic hydroxyl groups is 1. The Kier molecular flexibility index (Phi) is 6.82. The van der Waals surface area contributed by atoms with Crippen LogP contribution in [0.1, 0.15) is 57.4 Å². The predicted molar refractivity (Wildman–Crippen MR) is 150 cm³/mol. The van der Waals surface area contributed by atoms with E-state index in [9.17, 15) is 34.8 Å². The van der Waals surface area contributed by atoms with E-state index in [1.54, 1.807) is 19.1 Å². The van der Waals surface area contributed by atoms with E-state index < -0.39 is 57.9 Å². The molecule has 3 aliphatic rings. The topological polar surface area (TPSA) is 170 Å². The molecule has 1 fully saturated rings. The lowest BCUT2D eigenvalue weighted by Crippen LogP contribution is -2.61. The molecular weight excluding hydrogens is 528 g/mol. The van der Waals surface area contributed by atoms with Crippen LogP contribution in [0.3, 0.4) is 0 Å². The summed E-state index contributed by atoms with van der Waals surface area (Å²) >= 11 is 0. The van der Waals surface area contributed by atoms with E-state index >= 15 is 0 Å². The normalized spacial score (nSPS) is 26.0. The van der Waals surface area contributed by atoms with Crippen LogP contribution >= 0.6 is 0 Å². The molecule has 0 unspecified atom stereocenters. The maximum atomic E-state index is 14.0. The molecule has 0 saturated heterocycles. The van der Waals surface area contributed by atoms with Gasteiger partial charge in [-0.05, 0) is 82.5 Å². The highest BCUT2D eigenvalue weighted by Gasteiger charge is 2.63. The first-order valence-corrected chi connectivity index (χ1v) is 13.6. The fourth-order valence-electron chi connectivity index (χ4n) is 6.50. The zero-order valence-electron chi connectivity index (χ0n) is 23.4. The number of amides is 1. The van der Waals surface area contributed by atoms with Crippen LogP contribution in [0.2, 0.25) is 0 Å². The van der Waals surface area contributed by atoms with Gasteiger partial charge in [-0.15, -0.1) is 0 Å². The number of ketones is 2. The quantitative estimate of drug-likeness (QED) is 0.267. The lowest BCUT2D eigenvalue weighted by atomic mass is 9.55. The number of hydrogen-bond acceptors (Lipinski definition) is 9. The molecule has 1 amide bonds.